The van der Waals surface area contributed by atoms with Gasteiger partial charge in [0.15, 0.2) is 5.78 Å². The van der Waals surface area contributed by atoms with Gasteiger partial charge in [-0.25, -0.2) is 8.78 Å². The molecule has 3 nitrogen and oxygen atoms in total. The quantitative estimate of drug-likeness (QED) is 0.734. The van der Waals surface area contributed by atoms with Crippen LogP contribution in [0.25, 0.3) is 0 Å². The van der Waals surface area contributed by atoms with Crippen molar-refractivity contribution in [2.24, 2.45) is 0 Å². The Labute approximate surface area is 105 Å². The second kappa shape index (κ2) is 6.44. The Morgan fingerprint density at radius 1 is 1.44 bits per heavy atom. The lowest BCUT2D eigenvalue weighted by molar-refractivity contribution is 0.0967. The van der Waals surface area contributed by atoms with E-state index >= 15 is 0 Å². The lowest BCUT2D eigenvalue weighted by Gasteiger charge is -2.18. The molecule has 0 aromatic heterocycles. The van der Waals surface area contributed by atoms with Crippen LogP contribution in [0.2, 0.25) is 0 Å². The number of carbonyl (C=O) groups is 1. The van der Waals surface area contributed by atoms with Crippen LogP contribution in [0.15, 0.2) is 18.2 Å². The number of carbonyl (C=O) groups excluding carboxylic acids is 1. The normalized spacial score (nSPS) is 11.1. The molecular formula is C13H17F2NO2. The fourth-order valence-corrected chi connectivity index (χ4v) is 1.71. The van der Waals surface area contributed by atoms with Gasteiger partial charge in [0.25, 0.3) is 6.43 Å². The highest BCUT2D eigenvalue weighted by molar-refractivity contribution is 5.94. The molecule has 18 heavy (non-hydrogen) atoms. The molecule has 0 bridgehead atoms. The summed E-state index contributed by atoms with van der Waals surface area (Å²) >= 11 is 0. The molecule has 1 aromatic rings. The Morgan fingerprint density at radius 3 is 2.61 bits per heavy atom. The van der Waals surface area contributed by atoms with Crippen molar-refractivity contribution < 1.29 is 18.3 Å². The van der Waals surface area contributed by atoms with Gasteiger partial charge in [-0.15, -0.1) is 0 Å². The molecular weight excluding hydrogens is 240 g/mol. The average molecular weight is 257 g/mol. The summed E-state index contributed by atoms with van der Waals surface area (Å²) in [7, 11) is 3.12. The number of alkyl halides is 2. The van der Waals surface area contributed by atoms with Gasteiger partial charge in [-0.1, -0.05) is 0 Å². The topological polar surface area (TPSA) is 29.5 Å². The molecule has 0 unspecified atom stereocenters. The number of ketones is 1. The summed E-state index contributed by atoms with van der Waals surface area (Å²) in [5, 5.41) is 0. The van der Waals surface area contributed by atoms with Gasteiger partial charge in [-0.3, -0.25) is 9.69 Å². The van der Waals surface area contributed by atoms with Gasteiger partial charge in [-0.2, -0.15) is 0 Å². The highest BCUT2D eigenvalue weighted by Crippen LogP contribution is 2.21. The average Bonchev–Trinajstić information content (AvgIpc) is 2.27. The van der Waals surface area contributed by atoms with E-state index in [9.17, 15) is 13.6 Å². The van der Waals surface area contributed by atoms with Crippen molar-refractivity contribution in [3.8, 4) is 5.75 Å². The molecule has 100 valence electrons. The monoisotopic (exact) mass is 257 g/mol. The maximum atomic E-state index is 12.3. The zero-order valence-corrected chi connectivity index (χ0v) is 10.7. The number of halogens is 2. The second-order valence-electron chi connectivity index (χ2n) is 4.17. The first-order chi connectivity index (χ1) is 8.43. The van der Waals surface area contributed by atoms with Crippen LogP contribution in [0, 0.1) is 0 Å². The number of ether oxygens (including phenoxy) is 1. The van der Waals surface area contributed by atoms with Crippen molar-refractivity contribution in [3.63, 3.8) is 0 Å². The third-order valence-electron chi connectivity index (χ3n) is 2.58. The molecule has 0 aliphatic rings. The maximum Gasteiger partial charge on any atom is 0.251 e. The second-order valence-corrected chi connectivity index (χ2v) is 4.17. The number of nitrogens with zero attached hydrogens (tertiary/aromatic N) is 1. The lowest BCUT2D eigenvalue weighted by Crippen LogP contribution is -2.24. The van der Waals surface area contributed by atoms with Crippen molar-refractivity contribution in [1.29, 1.82) is 0 Å². The molecule has 0 aliphatic carbocycles. The summed E-state index contributed by atoms with van der Waals surface area (Å²) in [4.78, 5) is 12.8. The van der Waals surface area contributed by atoms with Crippen LogP contribution in [0.3, 0.4) is 0 Å². The van der Waals surface area contributed by atoms with Crippen molar-refractivity contribution >= 4 is 5.78 Å². The number of hydrogen-bond acceptors (Lipinski definition) is 3. The van der Waals surface area contributed by atoms with Crippen LogP contribution < -0.4 is 4.74 Å². The van der Waals surface area contributed by atoms with Crippen LogP contribution in [0.1, 0.15) is 22.8 Å². The molecule has 0 amide bonds. The minimum atomic E-state index is -2.38. The fraction of sp³-hybridized carbons (Fsp3) is 0.462. The molecule has 0 aliphatic heterocycles. The highest BCUT2D eigenvalue weighted by atomic mass is 19.3. The van der Waals surface area contributed by atoms with Gasteiger partial charge < -0.3 is 4.74 Å². The molecule has 0 atom stereocenters. The smallest absolute Gasteiger partial charge is 0.251 e. The number of Topliss-reactive ketones (excluding diaryl/α,β-unsaturated/α-hetero) is 1. The Bertz CT molecular complexity index is 421. The van der Waals surface area contributed by atoms with Gasteiger partial charge in [0.1, 0.15) is 5.75 Å². The van der Waals surface area contributed by atoms with Gasteiger partial charge in [0, 0.05) is 17.7 Å². The van der Waals surface area contributed by atoms with Crippen LogP contribution in [0.4, 0.5) is 8.78 Å². The lowest BCUT2D eigenvalue weighted by atomic mass is 10.1. The predicted octanol–water partition coefficient (Wildman–Crippen LogP) is 2.59. The first-order valence-electron chi connectivity index (χ1n) is 5.58. The number of rotatable bonds is 6. The Hall–Kier alpha value is -1.49. The Balaban J connectivity index is 2.90. The Kier molecular flexibility index (Phi) is 5.22. The molecule has 0 fully saturated rings. The summed E-state index contributed by atoms with van der Waals surface area (Å²) in [6, 6.07) is 5.03. The minimum absolute atomic E-state index is 0.0598. The number of hydrogen-bond donors (Lipinski definition) is 0. The van der Waals surface area contributed by atoms with Gasteiger partial charge >= 0.3 is 0 Å². The van der Waals surface area contributed by atoms with Gasteiger partial charge in [0.2, 0.25) is 0 Å². The largest absolute Gasteiger partial charge is 0.496 e. The summed E-state index contributed by atoms with van der Waals surface area (Å²) < 4.78 is 29.7. The van der Waals surface area contributed by atoms with E-state index < -0.39 is 6.43 Å². The van der Waals surface area contributed by atoms with Crippen LogP contribution >= 0.6 is 0 Å². The predicted molar refractivity (Wildman–Crippen MR) is 65.3 cm³/mol. The molecule has 0 spiro atoms. The minimum Gasteiger partial charge on any atom is -0.496 e. The van der Waals surface area contributed by atoms with Crippen molar-refractivity contribution in [2.45, 2.75) is 19.9 Å². The molecule has 0 saturated heterocycles. The standard InChI is InChI=1S/C13H17F2NO2/c1-9(17)10-4-5-12(18-3)11(6-10)7-16(2)8-13(14)15/h4-6,13H,7-8H2,1-3H3. The SMILES string of the molecule is COc1ccc(C(C)=O)cc1CN(C)CC(F)F. The highest BCUT2D eigenvalue weighted by Gasteiger charge is 2.12. The van der Waals surface area contributed by atoms with Crippen molar-refractivity contribution in [1.82, 2.24) is 4.90 Å². The number of benzene rings is 1. The van der Waals surface area contributed by atoms with Crippen molar-refractivity contribution in [3.05, 3.63) is 29.3 Å². The van der Waals surface area contributed by atoms with E-state index in [0.29, 0.717) is 17.9 Å². The molecule has 0 N–H and O–H groups in total. The van der Waals surface area contributed by atoms with Gasteiger partial charge in [-0.05, 0) is 32.2 Å². The number of methoxy groups -OCH3 is 1. The third kappa shape index (κ3) is 4.07. The van der Waals surface area contributed by atoms with Crippen LogP contribution in [-0.2, 0) is 6.54 Å². The summed E-state index contributed by atoms with van der Waals surface area (Å²) in [6.07, 6.45) is -2.38. The van der Waals surface area contributed by atoms with E-state index in [4.69, 9.17) is 4.74 Å². The van der Waals surface area contributed by atoms with E-state index in [2.05, 4.69) is 0 Å². The van der Waals surface area contributed by atoms with Crippen molar-refractivity contribution in [2.75, 3.05) is 20.7 Å². The van der Waals surface area contributed by atoms with E-state index in [1.54, 1.807) is 25.2 Å². The molecule has 0 radical (unpaired) electrons. The van der Waals surface area contributed by atoms with E-state index in [1.807, 2.05) is 0 Å². The Morgan fingerprint density at radius 2 is 2.11 bits per heavy atom. The van der Waals surface area contributed by atoms with E-state index in [0.717, 1.165) is 5.56 Å². The van der Waals surface area contributed by atoms with Gasteiger partial charge in [0.05, 0.1) is 13.7 Å². The van der Waals surface area contributed by atoms with E-state index in [1.165, 1.54) is 18.9 Å². The maximum absolute atomic E-state index is 12.3. The zero-order chi connectivity index (χ0) is 13.7. The molecule has 1 aromatic carbocycles. The van der Waals surface area contributed by atoms with Crippen LogP contribution in [-0.4, -0.2) is 37.8 Å². The van der Waals surface area contributed by atoms with E-state index in [-0.39, 0.29) is 12.3 Å². The molecule has 0 heterocycles. The molecule has 0 saturated carbocycles. The molecule has 5 heteroatoms. The molecule has 1 rings (SSSR count). The zero-order valence-electron chi connectivity index (χ0n) is 10.7. The first-order valence-corrected chi connectivity index (χ1v) is 5.58. The summed E-state index contributed by atoms with van der Waals surface area (Å²) in [6.45, 7) is 1.47. The summed E-state index contributed by atoms with van der Waals surface area (Å²) in [5.74, 6) is 0.538. The van der Waals surface area contributed by atoms with Crippen LogP contribution in [0.5, 0.6) is 5.75 Å². The third-order valence-corrected chi connectivity index (χ3v) is 2.58. The fourth-order valence-electron chi connectivity index (χ4n) is 1.71. The summed E-state index contributed by atoms with van der Waals surface area (Å²) in [5.41, 5.74) is 1.28. The first kappa shape index (κ1) is 14.6.